The zero-order valence-electron chi connectivity index (χ0n) is 29.2. The third-order valence-corrected chi connectivity index (χ3v) is 8.56. The van der Waals surface area contributed by atoms with E-state index in [4.69, 9.17) is 19.3 Å². The summed E-state index contributed by atoms with van der Waals surface area (Å²) in [5, 5.41) is 8.93. The van der Waals surface area contributed by atoms with E-state index in [9.17, 15) is 4.79 Å². The van der Waals surface area contributed by atoms with E-state index in [1.54, 1.807) is 0 Å². The van der Waals surface area contributed by atoms with E-state index in [1.165, 1.54) is 167 Å². The van der Waals surface area contributed by atoms with Gasteiger partial charge in [0.1, 0.15) is 6.10 Å². The van der Waals surface area contributed by atoms with Crippen LogP contribution < -0.4 is 0 Å². The lowest BCUT2D eigenvalue weighted by Gasteiger charge is -2.18. The number of carboxylic acid groups (broad SMARTS) is 1. The summed E-state index contributed by atoms with van der Waals surface area (Å²) in [6.45, 7) is 7.23. The fraction of sp³-hybridized carbons (Fsp3) is 0.974. The molecule has 5 heteroatoms. The van der Waals surface area contributed by atoms with Crippen LogP contribution in [0.25, 0.3) is 0 Å². The van der Waals surface area contributed by atoms with Gasteiger partial charge in [-0.15, -0.1) is 0 Å². The molecule has 0 saturated heterocycles. The fourth-order valence-electron chi connectivity index (χ4n) is 5.68. The van der Waals surface area contributed by atoms with Gasteiger partial charge in [-0.25, -0.2) is 0 Å². The predicted molar refractivity (Wildman–Crippen MR) is 184 cm³/mol. The molecule has 0 amide bonds. The molecule has 0 aromatic rings. The van der Waals surface area contributed by atoms with Crippen molar-refractivity contribution < 1.29 is 24.1 Å². The van der Waals surface area contributed by atoms with Crippen molar-refractivity contribution in [3.05, 3.63) is 0 Å². The highest BCUT2D eigenvalue weighted by Crippen LogP contribution is 2.14. The lowest BCUT2D eigenvalue weighted by atomic mass is 10.0. The van der Waals surface area contributed by atoms with Crippen molar-refractivity contribution in [2.75, 3.05) is 33.0 Å². The Morgan fingerprint density at radius 3 is 1.00 bits per heavy atom. The molecule has 0 unspecified atom stereocenters. The molecule has 5 nitrogen and oxygen atoms in total. The summed E-state index contributed by atoms with van der Waals surface area (Å²) in [6, 6.07) is 0. The number of aliphatic carboxylic acids is 1. The van der Waals surface area contributed by atoms with Crippen molar-refractivity contribution in [3.63, 3.8) is 0 Å². The van der Waals surface area contributed by atoms with Crippen LogP contribution in [0.4, 0.5) is 0 Å². The number of hydrogen-bond acceptors (Lipinski definition) is 4. The van der Waals surface area contributed by atoms with Crippen molar-refractivity contribution in [2.45, 2.75) is 206 Å². The second-order valence-corrected chi connectivity index (χ2v) is 13.0. The van der Waals surface area contributed by atoms with Crippen LogP contribution in [0.2, 0.25) is 0 Å². The largest absolute Gasteiger partial charge is 0.481 e. The molecule has 0 rings (SSSR count). The Morgan fingerprint density at radius 1 is 0.442 bits per heavy atom. The minimum atomic E-state index is -0.828. The highest BCUT2D eigenvalue weighted by molar-refractivity contribution is 5.66. The van der Waals surface area contributed by atoms with Gasteiger partial charge in [0.15, 0.2) is 0 Å². The molecular formula is C38H76O5. The summed E-state index contributed by atoms with van der Waals surface area (Å²) < 4.78 is 17.5. The van der Waals surface area contributed by atoms with E-state index in [-0.39, 0.29) is 19.1 Å². The van der Waals surface area contributed by atoms with Gasteiger partial charge >= 0.3 is 5.97 Å². The van der Waals surface area contributed by atoms with Gasteiger partial charge in [-0.05, 0) is 12.8 Å². The standard InChI is InChI=1S/C38H76O5/c1-3-5-7-9-11-13-15-17-19-21-23-25-27-29-32-41-35-37(43-34-31-38(39)40)36-42-33-30-28-26-24-22-20-18-16-14-12-10-8-6-4-2/h37H,3-36H2,1-2H3,(H,39,40). The molecule has 0 fully saturated rings. The second kappa shape index (κ2) is 37.5. The number of unbranched alkanes of at least 4 members (excludes halogenated alkanes) is 26. The van der Waals surface area contributed by atoms with Crippen molar-refractivity contribution in [2.24, 2.45) is 0 Å². The Kier molecular flexibility index (Phi) is 37.0. The summed E-state index contributed by atoms with van der Waals surface area (Å²) in [5.41, 5.74) is 0. The number of rotatable bonds is 38. The highest BCUT2D eigenvalue weighted by Gasteiger charge is 2.11. The van der Waals surface area contributed by atoms with E-state index in [0.717, 1.165) is 26.1 Å². The third-order valence-electron chi connectivity index (χ3n) is 8.56. The molecule has 0 aromatic heterocycles. The maximum atomic E-state index is 10.9. The van der Waals surface area contributed by atoms with Gasteiger partial charge in [0, 0.05) is 13.2 Å². The van der Waals surface area contributed by atoms with E-state index >= 15 is 0 Å². The van der Waals surface area contributed by atoms with E-state index in [1.807, 2.05) is 0 Å². The molecule has 0 heterocycles. The average molecular weight is 613 g/mol. The zero-order valence-corrected chi connectivity index (χ0v) is 29.2. The number of carboxylic acids is 1. The van der Waals surface area contributed by atoms with Crippen molar-refractivity contribution >= 4 is 5.97 Å². The number of ether oxygens (including phenoxy) is 3. The van der Waals surface area contributed by atoms with Gasteiger partial charge in [0.25, 0.3) is 0 Å². The van der Waals surface area contributed by atoms with Crippen LogP contribution in [0.1, 0.15) is 200 Å². The lowest BCUT2D eigenvalue weighted by Crippen LogP contribution is -2.27. The highest BCUT2D eigenvalue weighted by atomic mass is 16.6. The van der Waals surface area contributed by atoms with Crippen LogP contribution >= 0.6 is 0 Å². The summed E-state index contributed by atoms with van der Waals surface area (Å²) in [6.07, 6.45) is 37.7. The predicted octanol–water partition coefficient (Wildman–Crippen LogP) is 11.8. The Labute approximate surface area is 269 Å². The molecule has 0 radical (unpaired) electrons. The first-order valence-electron chi connectivity index (χ1n) is 19.2. The van der Waals surface area contributed by atoms with Crippen molar-refractivity contribution in [3.8, 4) is 0 Å². The summed E-state index contributed by atoms with van der Waals surface area (Å²) in [7, 11) is 0. The van der Waals surface area contributed by atoms with Crippen LogP contribution in [-0.4, -0.2) is 50.2 Å². The van der Waals surface area contributed by atoms with Crippen LogP contribution in [0.15, 0.2) is 0 Å². The van der Waals surface area contributed by atoms with Crippen LogP contribution in [0.5, 0.6) is 0 Å². The third kappa shape index (κ3) is 37.4. The maximum Gasteiger partial charge on any atom is 0.305 e. The SMILES string of the molecule is CCCCCCCCCCCCCCCCOCC(COCCCCCCCCCCCCCCCC)OCCC(=O)O. The van der Waals surface area contributed by atoms with Crippen LogP contribution in [-0.2, 0) is 19.0 Å². The minimum Gasteiger partial charge on any atom is -0.481 e. The normalized spacial score (nSPS) is 11.6. The number of carbonyl (C=O) groups is 1. The maximum absolute atomic E-state index is 10.9. The van der Waals surface area contributed by atoms with Gasteiger partial charge < -0.3 is 19.3 Å². The topological polar surface area (TPSA) is 65.0 Å². The molecule has 0 bridgehead atoms. The first-order valence-corrected chi connectivity index (χ1v) is 19.2. The Hall–Kier alpha value is -0.650. The molecule has 0 atom stereocenters. The Balaban J connectivity index is 3.61. The average Bonchev–Trinajstić information content (AvgIpc) is 3.00. The number of hydrogen-bond donors (Lipinski definition) is 1. The molecule has 0 saturated carbocycles. The Bertz CT molecular complexity index is 490. The zero-order chi connectivity index (χ0) is 31.3. The first kappa shape index (κ1) is 42.3. The van der Waals surface area contributed by atoms with Gasteiger partial charge in [0.05, 0.1) is 26.2 Å². The summed E-state index contributed by atoms with van der Waals surface area (Å²) in [4.78, 5) is 10.9. The first-order chi connectivity index (χ1) is 21.2. The van der Waals surface area contributed by atoms with E-state index < -0.39 is 5.97 Å². The molecule has 0 aliphatic carbocycles. The molecule has 0 aliphatic rings. The smallest absolute Gasteiger partial charge is 0.305 e. The summed E-state index contributed by atoms with van der Waals surface area (Å²) in [5.74, 6) is -0.828. The fourth-order valence-corrected chi connectivity index (χ4v) is 5.68. The van der Waals surface area contributed by atoms with Gasteiger partial charge in [0.2, 0.25) is 0 Å². The van der Waals surface area contributed by atoms with Crippen LogP contribution in [0.3, 0.4) is 0 Å². The van der Waals surface area contributed by atoms with Crippen molar-refractivity contribution in [1.82, 2.24) is 0 Å². The molecule has 258 valence electrons. The van der Waals surface area contributed by atoms with Gasteiger partial charge in [-0.1, -0.05) is 181 Å². The minimum absolute atomic E-state index is 0.0222. The Morgan fingerprint density at radius 2 is 0.721 bits per heavy atom. The molecule has 0 aromatic carbocycles. The molecule has 43 heavy (non-hydrogen) atoms. The van der Waals surface area contributed by atoms with Gasteiger partial charge in [-0.2, -0.15) is 0 Å². The van der Waals surface area contributed by atoms with E-state index in [2.05, 4.69) is 13.8 Å². The van der Waals surface area contributed by atoms with Crippen LogP contribution in [0, 0.1) is 0 Å². The monoisotopic (exact) mass is 613 g/mol. The molecule has 1 N–H and O–H groups in total. The molecular weight excluding hydrogens is 536 g/mol. The molecule has 0 spiro atoms. The van der Waals surface area contributed by atoms with Crippen molar-refractivity contribution in [1.29, 1.82) is 0 Å². The quantitative estimate of drug-likeness (QED) is 0.0703. The van der Waals surface area contributed by atoms with E-state index in [0.29, 0.717) is 13.2 Å². The summed E-state index contributed by atoms with van der Waals surface area (Å²) >= 11 is 0. The molecule has 0 aliphatic heterocycles. The van der Waals surface area contributed by atoms with Gasteiger partial charge in [-0.3, -0.25) is 4.79 Å². The second-order valence-electron chi connectivity index (χ2n) is 13.0. The lowest BCUT2D eigenvalue weighted by molar-refractivity contribution is -0.139.